The number of hydrogen-bond acceptors (Lipinski definition) is 13. The Hall–Kier alpha value is -8.75. The summed E-state index contributed by atoms with van der Waals surface area (Å²) in [5.74, 6) is 0.102. The van der Waals surface area contributed by atoms with Crippen LogP contribution in [0.5, 0.6) is 0 Å². The summed E-state index contributed by atoms with van der Waals surface area (Å²) in [6.45, 7) is 1.44. The average Bonchev–Trinajstić information content (AvgIpc) is 4.22. The number of Topliss-reactive ketones (excluding diaryl/α,β-unsaturated/α-hetero) is 1. The van der Waals surface area contributed by atoms with Gasteiger partial charge in [-0.05, 0) is 98.5 Å². The minimum Gasteiger partial charge on any atom is -0.478 e. The van der Waals surface area contributed by atoms with Gasteiger partial charge >= 0.3 is 5.97 Å². The molecular formula is C50H48ClN11O9. The van der Waals surface area contributed by atoms with Crippen LogP contribution in [0.3, 0.4) is 0 Å². The molecule has 364 valence electrons. The lowest BCUT2D eigenvalue weighted by molar-refractivity contribution is -0.384. The molecule has 2 saturated heterocycles. The number of nitrogens with zero attached hydrogens (tertiary/aromatic N) is 7. The van der Waals surface area contributed by atoms with E-state index in [9.17, 15) is 39.4 Å². The Morgan fingerprint density at radius 3 is 1.75 bits per heavy atom. The zero-order chi connectivity index (χ0) is 48.4. The third-order valence-corrected chi connectivity index (χ3v) is 11.5. The maximum Gasteiger partial charge on any atom is 0.337 e. The fraction of sp³-hybridized carbons (Fsp3) is 0.200. The number of pyridine rings is 2. The van der Waals surface area contributed by atoms with Gasteiger partial charge in [0.1, 0.15) is 11.6 Å². The van der Waals surface area contributed by atoms with E-state index in [1.165, 1.54) is 48.9 Å². The number of carboxylic acids is 1. The fourth-order valence-electron chi connectivity index (χ4n) is 7.93. The Kier molecular flexibility index (Phi) is 17.1. The van der Waals surface area contributed by atoms with E-state index < -0.39 is 21.9 Å². The number of carboxylic acid groups (broad SMARTS) is 1. The van der Waals surface area contributed by atoms with Gasteiger partial charge in [0, 0.05) is 78.8 Å². The van der Waals surface area contributed by atoms with E-state index in [1.54, 1.807) is 41.4 Å². The molecule has 2 fully saturated rings. The zero-order valence-electron chi connectivity index (χ0n) is 37.1. The van der Waals surface area contributed by atoms with Gasteiger partial charge in [-0.1, -0.05) is 31.7 Å². The summed E-state index contributed by atoms with van der Waals surface area (Å²) in [7, 11) is 0. The average molecular weight is 982 g/mol. The van der Waals surface area contributed by atoms with Crippen LogP contribution in [0.25, 0.3) is 44.8 Å². The van der Waals surface area contributed by atoms with Crippen LogP contribution in [0.1, 0.15) is 59.4 Å². The molecule has 4 aromatic heterocycles. The lowest BCUT2D eigenvalue weighted by Gasteiger charge is -2.23. The smallest absolute Gasteiger partial charge is 0.337 e. The van der Waals surface area contributed by atoms with E-state index in [2.05, 4.69) is 40.5 Å². The summed E-state index contributed by atoms with van der Waals surface area (Å²) in [5, 5.41) is 36.3. The molecule has 2 atom stereocenters. The van der Waals surface area contributed by atoms with Crippen LogP contribution in [0, 0.1) is 20.2 Å². The van der Waals surface area contributed by atoms with Gasteiger partial charge in [-0.3, -0.25) is 44.6 Å². The van der Waals surface area contributed by atoms with Gasteiger partial charge in [0.15, 0.2) is 5.78 Å². The van der Waals surface area contributed by atoms with Gasteiger partial charge in [-0.25, -0.2) is 14.8 Å². The quantitative estimate of drug-likeness (QED) is 0.0599. The van der Waals surface area contributed by atoms with Crippen molar-refractivity contribution in [3.63, 3.8) is 0 Å². The summed E-state index contributed by atoms with van der Waals surface area (Å²) in [5.41, 5.74) is 6.44. The topological polar surface area (TPSA) is 285 Å². The number of imidazole rings is 2. The van der Waals surface area contributed by atoms with Crippen molar-refractivity contribution in [1.29, 1.82) is 0 Å². The van der Waals surface area contributed by atoms with Crippen molar-refractivity contribution >= 4 is 75.1 Å². The van der Waals surface area contributed by atoms with E-state index in [1.807, 2.05) is 48.5 Å². The van der Waals surface area contributed by atoms with Gasteiger partial charge in [-0.2, -0.15) is 0 Å². The molecule has 5 N–H and O–H groups in total. The number of ketones is 1. The van der Waals surface area contributed by atoms with E-state index in [0.29, 0.717) is 52.2 Å². The maximum absolute atomic E-state index is 13.0. The molecule has 0 aliphatic carbocycles. The van der Waals surface area contributed by atoms with Crippen LogP contribution in [0.2, 0.25) is 0 Å². The van der Waals surface area contributed by atoms with Gasteiger partial charge in [0.2, 0.25) is 5.91 Å². The lowest BCUT2D eigenvalue weighted by atomic mass is 10.0. The molecule has 4 aromatic carbocycles. The number of nitro groups is 2. The number of likely N-dealkylation sites (tertiary alicyclic amines) is 1. The first kappa shape index (κ1) is 51.6. The van der Waals surface area contributed by atoms with Gasteiger partial charge in [0.05, 0.1) is 55.1 Å². The number of rotatable bonds is 11. The number of nitrogens with one attached hydrogen (secondary N) is 4. The predicted molar refractivity (Wildman–Crippen MR) is 268 cm³/mol. The van der Waals surface area contributed by atoms with Crippen molar-refractivity contribution < 1.29 is 34.1 Å². The molecule has 2 amide bonds. The Bertz CT molecular complexity index is 3160. The molecule has 8 aromatic rings. The Morgan fingerprint density at radius 1 is 0.718 bits per heavy atom. The number of anilines is 1. The summed E-state index contributed by atoms with van der Waals surface area (Å²) in [6, 6.07) is 29.8. The lowest BCUT2D eigenvalue weighted by Crippen LogP contribution is -2.41. The number of non-ortho nitro benzene ring substituents is 2. The number of nitro benzene ring substituents is 2. The minimum absolute atomic E-state index is 0. The van der Waals surface area contributed by atoms with Gasteiger partial charge in [-0.15, -0.1) is 12.4 Å². The second-order valence-electron chi connectivity index (χ2n) is 16.1. The van der Waals surface area contributed by atoms with Crippen LogP contribution in [-0.4, -0.2) is 98.5 Å². The molecule has 20 nitrogen and oxygen atoms in total. The highest BCUT2D eigenvalue weighted by molar-refractivity contribution is 5.99. The number of carbonyl (C=O) groups excluding carboxylic acids is 3. The number of aromatic carboxylic acids is 1. The molecule has 2 aliphatic heterocycles. The van der Waals surface area contributed by atoms with E-state index in [4.69, 9.17) is 5.11 Å². The fourth-order valence-corrected chi connectivity index (χ4v) is 7.93. The van der Waals surface area contributed by atoms with Crippen LogP contribution in [0.15, 0.2) is 134 Å². The molecule has 6 heterocycles. The second-order valence-corrected chi connectivity index (χ2v) is 16.1. The van der Waals surface area contributed by atoms with Crippen molar-refractivity contribution in [1.82, 2.24) is 40.1 Å². The number of amides is 2. The largest absolute Gasteiger partial charge is 0.478 e. The number of benzene rings is 4. The molecular weight excluding hydrogens is 934 g/mol. The third kappa shape index (κ3) is 12.7. The van der Waals surface area contributed by atoms with Gasteiger partial charge < -0.3 is 30.6 Å². The zero-order valence-corrected chi connectivity index (χ0v) is 37.9. The molecule has 21 heteroatoms. The number of aromatic nitrogens is 6. The Morgan fingerprint density at radius 2 is 1.27 bits per heavy atom. The van der Waals surface area contributed by atoms with Crippen LogP contribution in [0.4, 0.5) is 17.1 Å². The highest BCUT2D eigenvalue weighted by Crippen LogP contribution is 2.27. The van der Waals surface area contributed by atoms with Gasteiger partial charge in [0.25, 0.3) is 17.3 Å². The minimum atomic E-state index is -0.942. The van der Waals surface area contributed by atoms with E-state index in [-0.39, 0.29) is 66.8 Å². The first-order chi connectivity index (χ1) is 33.4. The number of halogens is 1. The van der Waals surface area contributed by atoms with Crippen LogP contribution >= 0.6 is 12.4 Å². The normalized spacial score (nSPS) is 14.7. The number of carbonyl (C=O) groups is 4. The molecule has 10 rings (SSSR count). The molecule has 0 saturated carbocycles. The van der Waals surface area contributed by atoms with Crippen molar-refractivity contribution in [3.8, 4) is 22.8 Å². The number of aromatic amines is 2. The Balaban J connectivity index is 0.000000197. The summed E-state index contributed by atoms with van der Waals surface area (Å²) >= 11 is 0. The molecule has 0 spiro atoms. The predicted octanol–water partition coefficient (Wildman–Crippen LogP) is 8.62. The Labute approximate surface area is 411 Å². The third-order valence-electron chi connectivity index (χ3n) is 11.5. The molecule has 0 unspecified atom stereocenters. The highest BCUT2D eigenvalue weighted by atomic mass is 35.5. The molecule has 2 aliphatic rings. The van der Waals surface area contributed by atoms with Crippen molar-refractivity contribution in [3.05, 3.63) is 171 Å². The summed E-state index contributed by atoms with van der Waals surface area (Å²) in [6.07, 6.45) is 9.54. The highest BCUT2D eigenvalue weighted by Gasteiger charge is 2.34. The molecule has 0 bridgehead atoms. The SMILES string of the molecule is C.Cl.O=C(Cc1ccc(-c2nc3ccc([N+](=O)[O-])cc3[nH]2)cc1)[C@@H]1CCCN1C(=O)c1cccnc1.O=C(Nc1ccc(-c2nc3ccc([N+](=O)[O-])cc3[nH]2)cc1)[C@@H]1CCCN1.O=C(O)c1cccnc1. The number of H-pyrrole nitrogens is 2. The molecule has 0 radical (unpaired) electrons. The maximum atomic E-state index is 13.0. The van der Waals surface area contributed by atoms with E-state index in [0.717, 1.165) is 48.2 Å². The monoisotopic (exact) mass is 981 g/mol. The summed E-state index contributed by atoms with van der Waals surface area (Å²) in [4.78, 5) is 93.6. The van der Waals surface area contributed by atoms with Crippen molar-refractivity contribution in [2.75, 3.05) is 18.4 Å². The number of fused-ring (bicyclic) bond motifs is 2. The standard InChI is InChI=1S/C25H21N5O4.C18H17N5O3.C6H5NO2.CH4.ClH/c31-23(22-4-2-12-29(22)25(32)18-3-1-11-26-15-18)13-16-5-7-17(8-6-16)24-27-20-10-9-19(30(33)34)14-21(20)28-24;24-18(15-2-1-9-19-15)20-12-5-3-11(4-6-12)17-21-14-8-7-13(23(25)26)10-16(14)22-17;8-6(9)5-2-1-3-7-4-5;;/h1,3,5-11,14-15,22H,2,4,12-13H2,(H,27,28);3-8,10,15,19H,1-2,9H2,(H,20,24)(H,21,22);1-4H,(H,8,9);1H4;1H/t22-;15-;;;/m00.../s1. The first-order valence-corrected chi connectivity index (χ1v) is 21.8. The first-order valence-electron chi connectivity index (χ1n) is 21.8. The van der Waals surface area contributed by atoms with Crippen molar-refractivity contribution in [2.45, 2.75) is 51.6 Å². The number of hydrogen-bond donors (Lipinski definition) is 5. The molecule has 71 heavy (non-hydrogen) atoms. The van der Waals surface area contributed by atoms with E-state index >= 15 is 0 Å². The van der Waals surface area contributed by atoms with Crippen LogP contribution < -0.4 is 10.6 Å². The summed E-state index contributed by atoms with van der Waals surface area (Å²) < 4.78 is 0. The van der Waals surface area contributed by atoms with Crippen molar-refractivity contribution in [2.24, 2.45) is 0 Å². The second kappa shape index (κ2) is 23.5. The van der Waals surface area contributed by atoms with Crippen LogP contribution in [-0.2, 0) is 16.0 Å².